The van der Waals surface area contributed by atoms with Crippen molar-refractivity contribution in [1.82, 2.24) is 9.80 Å². The first kappa shape index (κ1) is 21.9. The van der Waals surface area contributed by atoms with Crippen LogP contribution in [-0.2, 0) is 9.59 Å². The number of Topliss-reactive ketones (excluding diaryl/α,β-unsaturated/α-hetero) is 1. The third kappa shape index (κ3) is 4.22. The van der Waals surface area contributed by atoms with Crippen molar-refractivity contribution in [1.29, 1.82) is 0 Å². The van der Waals surface area contributed by atoms with E-state index in [1.54, 1.807) is 31.2 Å². The SMILES string of the molecule is CCOc1ccc(/C(O)=C2\C(=O)C(=O)N(CCN(C)C)[C@@H]2c2ccc(C)o2)cc1Cl. The monoisotopic (exact) mass is 432 g/mol. The largest absolute Gasteiger partial charge is 0.507 e. The molecular weight excluding hydrogens is 408 g/mol. The van der Waals surface area contributed by atoms with Crippen LogP contribution in [0, 0.1) is 6.92 Å². The summed E-state index contributed by atoms with van der Waals surface area (Å²) in [5.74, 6) is -0.189. The summed E-state index contributed by atoms with van der Waals surface area (Å²) in [6, 6.07) is 7.39. The molecule has 1 atom stereocenters. The first-order chi connectivity index (χ1) is 14.2. The number of ketones is 1. The Kier molecular flexibility index (Phi) is 6.53. The summed E-state index contributed by atoms with van der Waals surface area (Å²) >= 11 is 6.25. The molecule has 2 heterocycles. The number of amides is 1. The maximum absolute atomic E-state index is 12.9. The van der Waals surface area contributed by atoms with E-state index in [1.807, 2.05) is 25.9 Å². The standard InChI is InChI=1S/C22H25ClN2O5/c1-5-29-16-9-7-14(12-15(16)23)20(26)18-19(17-8-6-13(2)30-17)25(11-10-24(3)4)22(28)21(18)27/h6-9,12,19,26H,5,10-11H2,1-4H3/b20-18+/t19-/m1/s1. The van der Waals surface area contributed by atoms with Gasteiger partial charge < -0.3 is 24.1 Å². The number of hydrogen-bond donors (Lipinski definition) is 1. The normalized spacial score (nSPS) is 18.5. The van der Waals surface area contributed by atoms with E-state index in [1.165, 1.54) is 11.0 Å². The average molecular weight is 433 g/mol. The third-order valence-corrected chi connectivity index (χ3v) is 5.16. The van der Waals surface area contributed by atoms with Gasteiger partial charge in [-0.25, -0.2) is 0 Å². The molecule has 0 aliphatic carbocycles. The fraction of sp³-hybridized carbons (Fsp3) is 0.364. The second-order valence-electron chi connectivity index (χ2n) is 7.32. The van der Waals surface area contributed by atoms with Crippen molar-refractivity contribution in [3.8, 4) is 5.75 Å². The van der Waals surface area contributed by atoms with Crippen molar-refractivity contribution in [2.75, 3.05) is 33.8 Å². The molecule has 1 N–H and O–H groups in total. The maximum atomic E-state index is 12.9. The summed E-state index contributed by atoms with van der Waals surface area (Å²) in [6.45, 7) is 4.92. The van der Waals surface area contributed by atoms with E-state index in [0.717, 1.165) is 0 Å². The molecule has 160 valence electrons. The summed E-state index contributed by atoms with van der Waals surface area (Å²) in [4.78, 5) is 29.0. The number of likely N-dealkylation sites (N-methyl/N-ethyl adjacent to an activating group) is 1. The molecule has 0 bridgehead atoms. The molecule has 0 radical (unpaired) electrons. The molecule has 7 nitrogen and oxygen atoms in total. The minimum Gasteiger partial charge on any atom is -0.507 e. The predicted molar refractivity (Wildman–Crippen MR) is 114 cm³/mol. The summed E-state index contributed by atoms with van der Waals surface area (Å²) in [7, 11) is 3.76. The number of ether oxygens (including phenoxy) is 1. The Balaban J connectivity index is 2.10. The number of rotatable bonds is 7. The predicted octanol–water partition coefficient (Wildman–Crippen LogP) is 3.62. The fourth-order valence-corrected chi connectivity index (χ4v) is 3.63. The second-order valence-corrected chi connectivity index (χ2v) is 7.73. The van der Waals surface area contributed by atoms with Crippen LogP contribution in [0.1, 0.15) is 30.0 Å². The first-order valence-electron chi connectivity index (χ1n) is 9.66. The molecule has 1 amide bonds. The molecular formula is C22H25ClN2O5. The van der Waals surface area contributed by atoms with E-state index in [0.29, 0.717) is 47.6 Å². The Morgan fingerprint density at radius 2 is 2.00 bits per heavy atom. The van der Waals surface area contributed by atoms with Gasteiger partial charge in [-0.05, 0) is 58.3 Å². The van der Waals surface area contributed by atoms with Gasteiger partial charge in [-0.15, -0.1) is 0 Å². The molecule has 30 heavy (non-hydrogen) atoms. The summed E-state index contributed by atoms with van der Waals surface area (Å²) in [5.41, 5.74) is 0.302. The average Bonchev–Trinajstić information content (AvgIpc) is 3.23. The van der Waals surface area contributed by atoms with E-state index >= 15 is 0 Å². The number of aryl methyl sites for hydroxylation is 1. The number of furan rings is 1. The zero-order valence-corrected chi connectivity index (χ0v) is 18.2. The van der Waals surface area contributed by atoms with Crippen LogP contribution in [0.2, 0.25) is 5.02 Å². The van der Waals surface area contributed by atoms with Gasteiger partial charge in [-0.1, -0.05) is 11.6 Å². The van der Waals surface area contributed by atoms with Crippen LogP contribution in [0.4, 0.5) is 0 Å². The van der Waals surface area contributed by atoms with Gasteiger partial charge >= 0.3 is 0 Å². The molecule has 1 aliphatic heterocycles. The highest BCUT2D eigenvalue weighted by atomic mass is 35.5. The van der Waals surface area contributed by atoms with Gasteiger partial charge in [0.1, 0.15) is 29.1 Å². The second kappa shape index (κ2) is 8.93. The topological polar surface area (TPSA) is 83.2 Å². The molecule has 2 aromatic rings. The van der Waals surface area contributed by atoms with Crippen LogP contribution in [0.3, 0.4) is 0 Å². The number of aliphatic hydroxyl groups is 1. The number of hydrogen-bond acceptors (Lipinski definition) is 6. The van der Waals surface area contributed by atoms with Crippen LogP contribution >= 0.6 is 11.6 Å². The third-order valence-electron chi connectivity index (χ3n) is 4.86. The van der Waals surface area contributed by atoms with Crippen LogP contribution in [0.5, 0.6) is 5.75 Å². The van der Waals surface area contributed by atoms with Crippen molar-refractivity contribution in [2.45, 2.75) is 19.9 Å². The van der Waals surface area contributed by atoms with E-state index in [9.17, 15) is 14.7 Å². The molecule has 1 aromatic carbocycles. The lowest BCUT2D eigenvalue weighted by Gasteiger charge is -2.24. The number of nitrogens with zero attached hydrogens (tertiary/aromatic N) is 2. The van der Waals surface area contributed by atoms with Gasteiger partial charge in [0.2, 0.25) is 0 Å². The summed E-state index contributed by atoms with van der Waals surface area (Å²) in [5, 5.41) is 11.3. The molecule has 0 saturated carbocycles. The molecule has 1 saturated heterocycles. The zero-order valence-electron chi connectivity index (χ0n) is 17.4. The van der Waals surface area contributed by atoms with Gasteiger partial charge in [0.15, 0.2) is 0 Å². The highest BCUT2D eigenvalue weighted by Crippen LogP contribution is 2.40. The number of likely N-dealkylation sites (tertiary alicyclic amines) is 1. The quantitative estimate of drug-likeness (QED) is 0.408. The molecule has 3 rings (SSSR count). The zero-order chi connectivity index (χ0) is 22.0. The van der Waals surface area contributed by atoms with E-state index in [2.05, 4.69) is 0 Å². The molecule has 0 unspecified atom stereocenters. The number of benzene rings is 1. The number of carbonyl (C=O) groups is 2. The smallest absolute Gasteiger partial charge is 0.295 e. The minimum absolute atomic E-state index is 0.0201. The van der Waals surface area contributed by atoms with Gasteiger partial charge in [0, 0.05) is 18.7 Å². The first-order valence-corrected chi connectivity index (χ1v) is 10.0. The Labute approximate surface area is 180 Å². The van der Waals surface area contributed by atoms with Crippen LogP contribution in [-0.4, -0.2) is 60.4 Å². The lowest BCUT2D eigenvalue weighted by molar-refractivity contribution is -0.140. The van der Waals surface area contributed by atoms with Gasteiger partial charge in [0.25, 0.3) is 11.7 Å². The number of aliphatic hydroxyl groups excluding tert-OH is 1. The van der Waals surface area contributed by atoms with E-state index < -0.39 is 17.7 Å². The Hall–Kier alpha value is -2.77. The highest BCUT2D eigenvalue weighted by Gasteiger charge is 2.47. The van der Waals surface area contributed by atoms with Crippen molar-refractivity contribution in [2.24, 2.45) is 0 Å². The van der Waals surface area contributed by atoms with Crippen LogP contribution in [0.15, 0.2) is 40.3 Å². The minimum atomic E-state index is -0.816. The maximum Gasteiger partial charge on any atom is 0.295 e. The van der Waals surface area contributed by atoms with Crippen molar-refractivity contribution in [3.63, 3.8) is 0 Å². The van der Waals surface area contributed by atoms with E-state index in [4.69, 9.17) is 20.8 Å². The summed E-state index contributed by atoms with van der Waals surface area (Å²) < 4.78 is 11.2. The van der Waals surface area contributed by atoms with Crippen LogP contribution in [0.25, 0.3) is 5.76 Å². The van der Waals surface area contributed by atoms with Crippen molar-refractivity contribution < 1.29 is 23.8 Å². The van der Waals surface area contributed by atoms with Gasteiger partial charge in [-0.3, -0.25) is 9.59 Å². The van der Waals surface area contributed by atoms with Crippen molar-refractivity contribution in [3.05, 3.63) is 58.0 Å². The molecule has 1 aromatic heterocycles. The lowest BCUT2D eigenvalue weighted by atomic mass is 9.99. The van der Waals surface area contributed by atoms with Gasteiger partial charge in [-0.2, -0.15) is 0 Å². The Bertz CT molecular complexity index is 995. The van der Waals surface area contributed by atoms with Crippen molar-refractivity contribution >= 4 is 29.1 Å². The molecule has 1 fully saturated rings. The van der Waals surface area contributed by atoms with Gasteiger partial charge in [0.05, 0.1) is 17.2 Å². The number of carbonyl (C=O) groups excluding carboxylic acids is 2. The Morgan fingerprint density at radius 1 is 1.27 bits per heavy atom. The summed E-state index contributed by atoms with van der Waals surface area (Å²) in [6.07, 6.45) is 0. The fourth-order valence-electron chi connectivity index (χ4n) is 3.39. The molecule has 0 spiro atoms. The van der Waals surface area contributed by atoms with E-state index in [-0.39, 0.29) is 11.3 Å². The molecule has 1 aliphatic rings. The lowest BCUT2D eigenvalue weighted by Crippen LogP contribution is -2.35. The molecule has 8 heteroatoms. The highest BCUT2D eigenvalue weighted by molar-refractivity contribution is 6.46. The Morgan fingerprint density at radius 3 is 2.57 bits per heavy atom. The van der Waals surface area contributed by atoms with Crippen LogP contribution < -0.4 is 4.74 Å². The number of halogens is 1.